The molecule has 0 aromatic carbocycles. The number of carbonyl (C=O) groups is 1. The highest BCUT2D eigenvalue weighted by Gasteiger charge is 2.15. The van der Waals surface area contributed by atoms with Gasteiger partial charge >= 0.3 is 6.16 Å². The molecule has 0 rings (SSSR count). The zero-order valence-electron chi connectivity index (χ0n) is 10.3. The summed E-state index contributed by atoms with van der Waals surface area (Å²) in [5, 5.41) is 18.0. The van der Waals surface area contributed by atoms with E-state index in [1.165, 1.54) is 0 Å². The van der Waals surface area contributed by atoms with Gasteiger partial charge < -0.3 is 19.1 Å². The molecule has 0 N–H and O–H groups in total. The first-order chi connectivity index (χ1) is 9.45. The monoisotopic (exact) mass is 292 g/mol. The molecule has 0 saturated heterocycles. The van der Waals surface area contributed by atoms with Crippen molar-refractivity contribution in [3.63, 3.8) is 0 Å². The van der Waals surface area contributed by atoms with Gasteiger partial charge in [0.15, 0.2) is 0 Å². The third kappa shape index (κ3) is 10.4. The lowest BCUT2D eigenvalue weighted by molar-refractivity contribution is -0.790. The van der Waals surface area contributed by atoms with Crippen molar-refractivity contribution in [1.29, 1.82) is 0 Å². The van der Waals surface area contributed by atoms with Crippen LogP contribution in [0.5, 0.6) is 0 Å². The van der Waals surface area contributed by atoms with Crippen LogP contribution in [-0.2, 0) is 19.1 Å². The SMILES string of the molecule is C#COC(=O)OCCCC[C@H](CO[N+](=O)[O-])O[N+](=O)[O-]. The van der Waals surface area contributed by atoms with E-state index in [-0.39, 0.29) is 13.0 Å². The lowest BCUT2D eigenvalue weighted by Crippen LogP contribution is -2.24. The summed E-state index contributed by atoms with van der Waals surface area (Å²) in [4.78, 5) is 39.0. The molecule has 0 fully saturated rings. The molecule has 0 aromatic heterocycles. The third-order valence-electron chi connectivity index (χ3n) is 1.88. The van der Waals surface area contributed by atoms with Gasteiger partial charge in [-0.2, -0.15) is 0 Å². The van der Waals surface area contributed by atoms with Crippen molar-refractivity contribution in [2.75, 3.05) is 13.2 Å². The number of unbranched alkanes of at least 4 members (excludes halogenated alkanes) is 1. The van der Waals surface area contributed by atoms with Gasteiger partial charge in [0.25, 0.3) is 10.2 Å². The fraction of sp³-hybridized carbons (Fsp3) is 0.667. The minimum absolute atomic E-state index is 0.0121. The summed E-state index contributed by atoms with van der Waals surface area (Å²) in [5.41, 5.74) is 0. The molecule has 20 heavy (non-hydrogen) atoms. The smallest absolute Gasteiger partial charge is 0.433 e. The molecule has 112 valence electrons. The Morgan fingerprint density at radius 1 is 1.25 bits per heavy atom. The van der Waals surface area contributed by atoms with E-state index < -0.39 is 29.0 Å². The topological polar surface area (TPSA) is 140 Å². The zero-order valence-corrected chi connectivity index (χ0v) is 10.3. The molecule has 0 heterocycles. The Morgan fingerprint density at radius 2 is 1.95 bits per heavy atom. The summed E-state index contributed by atoms with van der Waals surface area (Å²) < 4.78 is 8.57. The van der Waals surface area contributed by atoms with Crippen LogP contribution in [0.15, 0.2) is 0 Å². The summed E-state index contributed by atoms with van der Waals surface area (Å²) in [6.45, 7) is -0.574. The molecule has 0 saturated carbocycles. The summed E-state index contributed by atoms with van der Waals surface area (Å²) in [7, 11) is 0. The highest BCUT2D eigenvalue weighted by molar-refractivity contribution is 5.61. The van der Waals surface area contributed by atoms with Gasteiger partial charge in [0.05, 0.1) is 6.61 Å². The van der Waals surface area contributed by atoms with Crippen molar-refractivity contribution in [2.45, 2.75) is 25.4 Å². The maximum Gasteiger partial charge on any atom is 0.522 e. The predicted molar refractivity (Wildman–Crippen MR) is 59.9 cm³/mol. The van der Waals surface area contributed by atoms with Crippen molar-refractivity contribution in [2.24, 2.45) is 0 Å². The molecular weight excluding hydrogens is 280 g/mol. The lowest BCUT2D eigenvalue weighted by atomic mass is 10.2. The van der Waals surface area contributed by atoms with E-state index >= 15 is 0 Å². The average molecular weight is 292 g/mol. The molecule has 0 aliphatic heterocycles. The molecular formula is C9H12N2O9. The van der Waals surface area contributed by atoms with E-state index in [0.717, 1.165) is 0 Å². The number of hydrogen-bond acceptors (Lipinski definition) is 9. The second-order valence-electron chi connectivity index (χ2n) is 3.28. The van der Waals surface area contributed by atoms with Crippen LogP contribution in [0.1, 0.15) is 19.3 Å². The van der Waals surface area contributed by atoms with Gasteiger partial charge in [-0.1, -0.05) is 6.42 Å². The standard InChI is InChI=1S/C9H12N2O9/c1-2-17-9(12)18-6-4-3-5-8(20-11(15)16)7-19-10(13)14/h1,8H,3-7H2/t8-/m1/s1. The first-order valence-electron chi connectivity index (χ1n) is 5.33. The third-order valence-corrected chi connectivity index (χ3v) is 1.88. The summed E-state index contributed by atoms with van der Waals surface area (Å²) >= 11 is 0. The summed E-state index contributed by atoms with van der Waals surface area (Å²) in [6, 6.07) is 0. The van der Waals surface area contributed by atoms with Crippen molar-refractivity contribution in [3.8, 4) is 12.5 Å². The van der Waals surface area contributed by atoms with E-state index in [1.54, 1.807) is 6.11 Å². The Bertz CT molecular complexity index is 378. The van der Waals surface area contributed by atoms with Crippen LogP contribution in [-0.4, -0.2) is 35.6 Å². The maximum atomic E-state index is 10.7. The molecule has 0 bridgehead atoms. The number of hydrogen-bond donors (Lipinski definition) is 0. The second kappa shape index (κ2) is 10.2. The second-order valence-corrected chi connectivity index (χ2v) is 3.28. The van der Waals surface area contributed by atoms with E-state index in [4.69, 9.17) is 0 Å². The molecule has 0 aliphatic carbocycles. The van der Waals surface area contributed by atoms with Crippen LogP contribution >= 0.6 is 0 Å². The number of nitrogens with zero attached hydrogens (tertiary/aromatic N) is 2. The largest absolute Gasteiger partial charge is 0.522 e. The normalized spacial score (nSPS) is 10.8. The molecule has 0 unspecified atom stereocenters. The highest BCUT2D eigenvalue weighted by Crippen LogP contribution is 2.07. The number of carbonyl (C=O) groups excluding carboxylic acids is 1. The van der Waals surface area contributed by atoms with Crippen LogP contribution in [0.25, 0.3) is 0 Å². The molecule has 0 spiro atoms. The van der Waals surface area contributed by atoms with Crippen molar-refractivity contribution < 1.29 is 34.1 Å². The van der Waals surface area contributed by atoms with Gasteiger partial charge in [-0.25, -0.2) is 4.79 Å². The average Bonchev–Trinajstić information content (AvgIpc) is 2.34. The van der Waals surface area contributed by atoms with Gasteiger partial charge in [-0.15, -0.1) is 20.2 Å². The molecule has 11 nitrogen and oxygen atoms in total. The molecule has 0 aliphatic rings. The zero-order chi connectivity index (χ0) is 15.4. The fourth-order valence-corrected chi connectivity index (χ4v) is 1.14. The molecule has 11 heteroatoms. The molecule has 0 amide bonds. The number of rotatable bonds is 10. The minimum atomic E-state index is -1.08. The van der Waals surface area contributed by atoms with Gasteiger partial charge in [0.2, 0.25) is 0 Å². The summed E-state index contributed by atoms with van der Waals surface area (Å²) in [6.07, 6.45) is 5.01. The van der Waals surface area contributed by atoms with Crippen LogP contribution in [0, 0.1) is 32.8 Å². The highest BCUT2D eigenvalue weighted by atomic mass is 17.0. The Morgan fingerprint density at radius 3 is 2.50 bits per heavy atom. The van der Waals surface area contributed by atoms with Crippen molar-refractivity contribution >= 4 is 6.16 Å². The van der Waals surface area contributed by atoms with E-state index in [9.17, 15) is 25.0 Å². The maximum absolute atomic E-state index is 10.7. The predicted octanol–water partition coefficient (Wildman–Crippen LogP) is 0.686. The minimum Gasteiger partial charge on any atom is -0.433 e. The van der Waals surface area contributed by atoms with E-state index in [0.29, 0.717) is 12.8 Å². The Balaban J connectivity index is 3.84. The molecule has 1 atom stereocenters. The van der Waals surface area contributed by atoms with E-state index in [2.05, 4.69) is 25.6 Å². The molecule has 0 radical (unpaired) electrons. The Kier molecular flexibility index (Phi) is 8.77. The molecule has 0 aromatic rings. The summed E-state index contributed by atoms with van der Waals surface area (Å²) in [5.74, 6) is 0. The van der Waals surface area contributed by atoms with Crippen LogP contribution in [0.3, 0.4) is 0 Å². The first kappa shape index (κ1) is 17.2. The lowest BCUT2D eigenvalue weighted by Gasteiger charge is -2.13. The Labute approximate surface area is 112 Å². The van der Waals surface area contributed by atoms with Gasteiger partial charge in [-0.3, -0.25) is 0 Å². The fourth-order valence-electron chi connectivity index (χ4n) is 1.14. The quantitative estimate of drug-likeness (QED) is 0.187. The van der Waals surface area contributed by atoms with Crippen LogP contribution in [0.4, 0.5) is 4.79 Å². The van der Waals surface area contributed by atoms with Gasteiger partial charge in [0.1, 0.15) is 18.8 Å². The van der Waals surface area contributed by atoms with E-state index in [1.807, 2.05) is 0 Å². The Hall–Kier alpha value is -2.77. The first-order valence-corrected chi connectivity index (χ1v) is 5.33. The van der Waals surface area contributed by atoms with Gasteiger partial charge in [-0.05, 0) is 19.3 Å². The van der Waals surface area contributed by atoms with Crippen molar-refractivity contribution in [3.05, 3.63) is 20.2 Å². The van der Waals surface area contributed by atoms with Gasteiger partial charge in [0, 0.05) is 0 Å². The van der Waals surface area contributed by atoms with Crippen molar-refractivity contribution in [1.82, 2.24) is 0 Å². The van der Waals surface area contributed by atoms with Crippen LogP contribution < -0.4 is 0 Å². The van der Waals surface area contributed by atoms with Crippen LogP contribution in [0.2, 0.25) is 0 Å². The number of ether oxygens (including phenoxy) is 2. The number of terminal acetylenes is 1.